The second kappa shape index (κ2) is 7.41. The highest BCUT2D eigenvalue weighted by Gasteiger charge is 2.28. The van der Waals surface area contributed by atoms with Crippen molar-refractivity contribution in [3.63, 3.8) is 0 Å². The van der Waals surface area contributed by atoms with E-state index in [-0.39, 0.29) is 11.8 Å². The number of hydrogen-bond donors (Lipinski definition) is 0. The molecule has 1 aliphatic rings. The van der Waals surface area contributed by atoms with Gasteiger partial charge < -0.3 is 4.90 Å². The molecular formula is C15H26N2O. The Morgan fingerprint density at radius 2 is 1.94 bits per heavy atom. The summed E-state index contributed by atoms with van der Waals surface area (Å²) in [7, 11) is 0. The molecule has 3 nitrogen and oxygen atoms in total. The van der Waals surface area contributed by atoms with Gasteiger partial charge in [-0.25, -0.2) is 0 Å². The molecular weight excluding hydrogens is 224 g/mol. The normalized spacial score (nSPS) is 23.7. The van der Waals surface area contributed by atoms with E-state index < -0.39 is 0 Å². The number of hydrogen-bond acceptors (Lipinski definition) is 2. The van der Waals surface area contributed by atoms with Crippen LogP contribution in [0, 0.1) is 29.1 Å². The van der Waals surface area contributed by atoms with E-state index in [2.05, 4.69) is 26.8 Å². The maximum atomic E-state index is 12.5. The fourth-order valence-corrected chi connectivity index (χ4v) is 2.68. The van der Waals surface area contributed by atoms with E-state index in [1.165, 1.54) is 12.8 Å². The quantitative estimate of drug-likeness (QED) is 0.752. The zero-order valence-corrected chi connectivity index (χ0v) is 12.0. The summed E-state index contributed by atoms with van der Waals surface area (Å²) < 4.78 is 0. The first-order valence-electron chi connectivity index (χ1n) is 7.20. The maximum absolute atomic E-state index is 12.5. The number of amides is 1. The van der Waals surface area contributed by atoms with Gasteiger partial charge in [-0.2, -0.15) is 5.26 Å². The molecule has 1 saturated carbocycles. The standard InChI is InChI=1S/C15H26N2O/c1-12(2)11-17(10-4-9-16)15(18)14-7-5-13(3)6-8-14/h12-14H,4-8,10-11H2,1-3H3. The Morgan fingerprint density at radius 3 is 2.44 bits per heavy atom. The smallest absolute Gasteiger partial charge is 0.225 e. The summed E-state index contributed by atoms with van der Waals surface area (Å²) in [6.45, 7) is 7.89. The largest absolute Gasteiger partial charge is 0.341 e. The van der Waals surface area contributed by atoms with E-state index in [0.29, 0.717) is 18.9 Å². The van der Waals surface area contributed by atoms with Crippen LogP contribution in [0.25, 0.3) is 0 Å². The number of rotatable bonds is 5. The van der Waals surface area contributed by atoms with Crippen LogP contribution in [0.5, 0.6) is 0 Å². The fraction of sp³-hybridized carbons (Fsp3) is 0.867. The van der Waals surface area contributed by atoms with Crippen molar-refractivity contribution < 1.29 is 4.79 Å². The number of nitrogens with zero attached hydrogens (tertiary/aromatic N) is 2. The minimum absolute atomic E-state index is 0.207. The maximum Gasteiger partial charge on any atom is 0.225 e. The van der Waals surface area contributed by atoms with Crippen molar-refractivity contribution in [1.82, 2.24) is 4.90 Å². The molecule has 0 atom stereocenters. The number of carbonyl (C=O) groups excluding carboxylic acids is 1. The zero-order valence-electron chi connectivity index (χ0n) is 12.0. The highest BCUT2D eigenvalue weighted by molar-refractivity contribution is 5.79. The van der Waals surface area contributed by atoms with E-state index in [0.717, 1.165) is 25.3 Å². The van der Waals surface area contributed by atoms with Crippen LogP contribution >= 0.6 is 0 Å². The predicted molar refractivity (Wildman–Crippen MR) is 72.8 cm³/mol. The highest BCUT2D eigenvalue weighted by Crippen LogP contribution is 2.29. The second-order valence-electron chi connectivity index (χ2n) is 6.04. The van der Waals surface area contributed by atoms with Gasteiger partial charge in [0.05, 0.1) is 12.5 Å². The van der Waals surface area contributed by atoms with Crippen LogP contribution in [-0.4, -0.2) is 23.9 Å². The molecule has 0 spiro atoms. The minimum Gasteiger partial charge on any atom is -0.341 e. The number of carbonyl (C=O) groups is 1. The molecule has 0 unspecified atom stereocenters. The third-order valence-corrected chi connectivity index (χ3v) is 3.76. The molecule has 1 fully saturated rings. The summed E-state index contributed by atoms with van der Waals surface area (Å²) >= 11 is 0. The molecule has 0 radical (unpaired) electrons. The predicted octanol–water partition coefficient (Wildman–Crippen LogP) is 3.21. The van der Waals surface area contributed by atoms with Crippen LogP contribution in [0.1, 0.15) is 52.9 Å². The van der Waals surface area contributed by atoms with E-state index in [9.17, 15) is 4.79 Å². The molecule has 1 aliphatic carbocycles. The molecule has 1 amide bonds. The summed E-state index contributed by atoms with van der Waals surface area (Å²) in [6, 6.07) is 2.14. The molecule has 0 aromatic rings. The summed E-state index contributed by atoms with van der Waals surface area (Å²) in [5.41, 5.74) is 0. The molecule has 0 aromatic carbocycles. The van der Waals surface area contributed by atoms with Gasteiger partial charge in [-0.1, -0.05) is 20.8 Å². The van der Waals surface area contributed by atoms with Crippen LogP contribution in [0.4, 0.5) is 0 Å². The third-order valence-electron chi connectivity index (χ3n) is 3.76. The summed E-state index contributed by atoms with van der Waals surface area (Å²) in [4.78, 5) is 14.4. The Morgan fingerprint density at radius 1 is 1.33 bits per heavy atom. The summed E-state index contributed by atoms with van der Waals surface area (Å²) in [5, 5.41) is 8.69. The molecule has 0 aliphatic heterocycles. The van der Waals surface area contributed by atoms with Gasteiger partial charge in [0.25, 0.3) is 0 Å². The molecule has 0 aromatic heterocycles. The van der Waals surface area contributed by atoms with Crippen LogP contribution in [0.3, 0.4) is 0 Å². The van der Waals surface area contributed by atoms with Crippen LogP contribution in [0.15, 0.2) is 0 Å². The Labute approximate surface area is 111 Å². The van der Waals surface area contributed by atoms with Crippen LogP contribution in [0.2, 0.25) is 0 Å². The van der Waals surface area contributed by atoms with E-state index in [4.69, 9.17) is 5.26 Å². The number of nitriles is 1. The molecule has 3 heteroatoms. The Bertz CT molecular complexity index is 298. The van der Waals surface area contributed by atoms with Gasteiger partial charge in [0.15, 0.2) is 0 Å². The third kappa shape index (κ3) is 4.68. The second-order valence-corrected chi connectivity index (χ2v) is 6.04. The molecule has 18 heavy (non-hydrogen) atoms. The lowest BCUT2D eigenvalue weighted by atomic mass is 9.82. The molecule has 102 valence electrons. The van der Waals surface area contributed by atoms with Crippen molar-refractivity contribution in [3.8, 4) is 6.07 Å². The molecule has 0 saturated heterocycles. The minimum atomic E-state index is 0.207. The first kappa shape index (κ1) is 15.0. The van der Waals surface area contributed by atoms with Crippen molar-refractivity contribution in [3.05, 3.63) is 0 Å². The van der Waals surface area contributed by atoms with Gasteiger partial charge in [-0.05, 0) is 37.5 Å². The van der Waals surface area contributed by atoms with E-state index >= 15 is 0 Å². The lowest BCUT2D eigenvalue weighted by Gasteiger charge is -2.31. The van der Waals surface area contributed by atoms with Gasteiger partial charge >= 0.3 is 0 Å². The fourth-order valence-electron chi connectivity index (χ4n) is 2.68. The van der Waals surface area contributed by atoms with Crippen molar-refractivity contribution >= 4 is 5.91 Å². The van der Waals surface area contributed by atoms with Gasteiger partial charge in [0.2, 0.25) is 5.91 Å². The average Bonchev–Trinajstić information content (AvgIpc) is 2.34. The van der Waals surface area contributed by atoms with Crippen LogP contribution in [-0.2, 0) is 4.79 Å². The van der Waals surface area contributed by atoms with Crippen molar-refractivity contribution in [2.45, 2.75) is 52.9 Å². The van der Waals surface area contributed by atoms with E-state index in [1.54, 1.807) is 0 Å². The topological polar surface area (TPSA) is 44.1 Å². The van der Waals surface area contributed by atoms with Gasteiger partial charge in [0, 0.05) is 19.0 Å². The van der Waals surface area contributed by atoms with Crippen molar-refractivity contribution in [2.75, 3.05) is 13.1 Å². The Kier molecular flexibility index (Phi) is 6.18. The van der Waals surface area contributed by atoms with Gasteiger partial charge in [0.1, 0.15) is 0 Å². The molecule has 0 bridgehead atoms. The van der Waals surface area contributed by atoms with Crippen LogP contribution < -0.4 is 0 Å². The molecule has 0 N–H and O–H groups in total. The monoisotopic (exact) mass is 250 g/mol. The van der Waals surface area contributed by atoms with Gasteiger partial charge in [-0.3, -0.25) is 4.79 Å². The average molecular weight is 250 g/mol. The lowest BCUT2D eigenvalue weighted by Crippen LogP contribution is -2.40. The SMILES string of the molecule is CC(C)CN(CCC#N)C(=O)C1CCC(C)CC1. The van der Waals surface area contributed by atoms with Gasteiger partial charge in [-0.15, -0.1) is 0 Å². The highest BCUT2D eigenvalue weighted by atomic mass is 16.2. The first-order chi connectivity index (χ1) is 8.54. The van der Waals surface area contributed by atoms with E-state index in [1.807, 2.05) is 4.90 Å². The van der Waals surface area contributed by atoms with Crippen molar-refractivity contribution in [1.29, 1.82) is 5.26 Å². The lowest BCUT2D eigenvalue weighted by molar-refractivity contribution is -0.137. The first-order valence-corrected chi connectivity index (χ1v) is 7.20. The molecule has 0 heterocycles. The molecule has 1 rings (SSSR count). The Balaban J connectivity index is 2.55. The Hall–Kier alpha value is -1.04. The summed E-state index contributed by atoms with van der Waals surface area (Å²) in [5.74, 6) is 1.73. The zero-order chi connectivity index (χ0) is 13.5. The summed E-state index contributed by atoms with van der Waals surface area (Å²) in [6.07, 6.45) is 4.85. The van der Waals surface area contributed by atoms with Crippen molar-refractivity contribution in [2.24, 2.45) is 17.8 Å².